The molecule has 2 N–H and O–H groups in total. The van der Waals surface area contributed by atoms with Crippen LogP contribution in [0.5, 0.6) is 0 Å². The smallest absolute Gasteiger partial charge is 0.266 e. The minimum absolute atomic E-state index is 0.109. The summed E-state index contributed by atoms with van der Waals surface area (Å²) in [6.45, 7) is 3.89. The quantitative estimate of drug-likeness (QED) is 0.520. The van der Waals surface area contributed by atoms with Crippen LogP contribution in [0.2, 0.25) is 5.02 Å². The van der Waals surface area contributed by atoms with Gasteiger partial charge in [0.1, 0.15) is 0 Å². The highest BCUT2D eigenvalue weighted by atomic mass is 35.5. The van der Waals surface area contributed by atoms with Gasteiger partial charge in [-0.25, -0.2) is 0 Å². The second-order valence-electron chi connectivity index (χ2n) is 8.37. The van der Waals surface area contributed by atoms with Crippen LogP contribution in [0, 0.1) is 11.8 Å². The fourth-order valence-corrected chi connectivity index (χ4v) is 4.20. The third-order valence-electron chi connectivity index (χ3n) is 5.84. The average molecular weight is 494 g/mol. The Balaban J connectivity index is 0.00000167. The van der Waals surface area contributed by atoms with Gasteiger partial charge in [-0.2, -0.15) is 0 Å². The molecule has 35 heavy (non-hydrogen) atoms. The van der Waals surface area contributed by atoms with Crippen molar-refractivity contribution in [1.29, 1.82) is 0 Å². The molecule has 3 atom stereocenters. The Morgan fingerprint density at radius 3 is 2.54 bits per heavy atom. The molecule has 1 aliphatic rings. The van der Waals surface area contributed by atoms with E-state index in [1.54, 1.807) is 25.4 Å². The van der Waals surface area contributed by atoms with Gasteiger partial charge in [0.25, 0.3) is 5.56 Å². The van der Waals surface area contributed by atoms with Crippen LogP contribution in [0.4, 0.5) is 0 Å². The molecule has 2 heterocycles. The van der Waals surface area contributed by atoms with E-state index in [1.165, 1.54) is 4.57 Å². The molecule has 6 heteroatoms. The fraction of sp³-hybridized carbons (Fsp3) is 0.345. The third-order valence-corrected chi connectivity index (χ3v) is 6.21. The number of ether oxygens (including phenoxy) is 1. The van der Waals surface area contributed by atoms with Crippen LogP contribution in [0.1, 0.15) is 60.6 Å². The first kappa shape index (κ1) is 26.7. The molecule has 0 unspecified atom stereocenters. The molecule has 0 saturated carbocycles. The van der Waals surface area contributed by atoms with Gasteiger partial charge in [0.05, 0.1) is 30.5 Å². The highest BCUT2D eigenvalue weighted by Gasteiger charge is 2.29. The Morgan fingerprint density at radius 1 is 1.09 bits per heavy atom. The molecule has 1 aliphatic heterocycles. The normalized spacial score (nSPS) is 19.2. The molecule has 184 valence electrons. The van der Waals surface area contributed by atoms with Gasteiger partial charge < -0.3 is 19.5 Å². The van der Waals surface area contributed by atoms with E-state index < -0.39 is 6.10 Å². The molecule has 0 amide bonds. The predicted molar refractivity (Wildman–Crippen MR) is 140 cm³/mol. The van der Waals surface area contributed by atoms with Crippen LogP contribution in [-0.2, 0) is 18.2 Å². The number of hydrogen-bond acceptors (Lipinski definition) is 4. The topological polar surface area (TPSA) is 71.7 Å². The van der Waals surface area contributed by atoms with Crippen molar-refractivity contribution >= 4 is 11.6 Å². The van der Waals surface area contributed by atoms with E-state index in [0.29, 0.717) is 29.8 Å². The highest BCUT2D eigenvalue weighted by Crippen LogP contribution is 2.33. The molecule has 5 nitrogen and oxygen atoms in total. The van der Waals surface area contributed by atoms with E-state index in [4.69, 9.17) is 16.3 Å². The molecule has 1 fully saturated rings. The zero-order valence-corrected chi connectivity index (χ0v) is 21.1. The van der Waals surface area contributed by atoms with Crippen LogP contribution in [0.25, 0.3) is 0 Å². The number of aliphatic hydroxyl groups excluding tert-OH is 2. The number of aliphatic hydroxyl groups is 2. The molecular formula is C29H32ClNO4. The Labute approximate surface area is 212 Å². The number of hydrogen-bond donors (Lipinski definition) is 2. The van der Waals surface area contributed by atoms with E-state index in [-0.39, 0.29) is 24.4 Å². The molecule has 2 aromatic carbocycles. The highest BCUT2D eigenvalue weighted by molar-refractivity contribution is 6.31. The maximum absolute atomic E-state index is 12.1. The number of aryl methyl sites for hydroxylation is 1. The summed E-state index contributed by atoms with van der Waals surface area (Å²) in [4.78, 5) is 12.1. The number of halogens is 1. The van der Waals surface area contributed by atoms with Crippen LogP contribution < -0.4 is 5.56 Å². The first-order chi connectivity index (χ1) is 16.9. The van der Waals surface area contributed by atoms with Crippen molar-refractivity contribution in [3.8, 4) is 11.8 Å². The summed E-state index contributed by atoms with van der Waals surface area (Å²) >= 11 is 6.46. The Hall–Kier alpha value is -2.88. The van der Waals surface area contributed by atoms with Gasteiger partial charge in [-0.05, 0) is 53.4 Å². The van der Waals surface area contributed by atoms with E-state index in [2.05, 4.69) is 11.8 Å². The third kappa shape index (κ3) is 7.06. The van der Waals surface area contributed by atoms with Gasteiger partial charge in [-0.1, -0.05) is 61.6 Å². The fourth-order valence-electron chi connectivity index (χ4n) is 4.01. The summed E-state index contributed by atoms with van der Waals surface area (Å²) in [7, 11) is 1.70. The summed E-state index contributed by atoms with van der Waals surface area (Å²) in [6.07, 6.45) is 2.16. The molecule has 0 aliphatic carbocycles. The zero-order chi connectivity index (χ0) is 25.4. The lowest BCUT2D eigenvalue weighted by molar-refractivity contribution is -0.113. The van der Waals surface area contributed by atoms with Crippen molar-refractivity contribution in [2.24, 2.45) is 7.05 Å². The molecule has 0 bridgehead atoms. The summed E-state index contributed by atoms with van der Waals surface area (Å²) in [6, 6.07) is 17.2. The lowest BCUT2D eigenvalue weighted by atomic mass is 9.94. The average Bonchev–Trinajstić information content (AvgIpc) is 2.88. The van der Waals surface area contributed by atoms with Crippen molar-refractivity contribution in [3.63, 3.8) is 0 Å². The summed E-state index contributed by atoms with van der Waals surface area (Å²) in [5, 5.41) is 20.2. The van der Waals surface area contributed by atoms with Crippen LogP contribution >= 0.6 is 11.6 Å². The predicted octanol–water partition coefficient (Wildman–Crippen LogP) is 4.63. The number of benzene rings is 2. The second kappa shape index (κ2) is 12.7. The molecule has 0 spiro atoms. The maximum Gasteiger partial charge on any atom is 0.266 e. The van der Waals surface area contributed by atoms with Crippen molar-refractivity contribution in [1.82, 2.24) is 4.57 Å². The van der Waals surface area contributed by atoms with Gasteiger partial charge in [0, 0.05) is 36.7 Å². The van der Waals surface area contributed by atoms with Crippen LogP contribution in [0.15, 0.2) is 65.6 Å². The maximum atomic E-state index is 12.1. The lowest BCUT2D eigenvalue weighted by Crippen LogP contribution is -2.33. The van der Waals surface area contributed by atoms with Crippen molar-refractivity contribution in [2.75, 3.05) is 6.61 Å². The number of nitrogens with zero attached hydrogens (tertiary/aromatic N) is 1. The Morgan fingerprint density at radius 2 is 1.83 bits per heavy atom. The molecule has 1 saturated heterocycles. The van der Waals surface area contributed by atoms with Gasteiger partial charge >= 0.3 is 0 Å². The van der Waals surface area contributed by atoms with Crippen molar-refractivity contribution < 1.29 is 14.9 Å². The summed E-state index contributed by atoms with van der Waals surface area (Å²) in [5.41, 5.74) is 4.16. The molecular weight excluding hydrogens is 462 g/mol. The van der Waals surface area contributed by atoms with E-state index >= 15 is 0 Å². The van der Waals surface area contributed by atoms with Gasteiger partial charge in [0.2, 0.25) is 0 Å². The van der Waals surface area contributed by atoms with Crippen molar-refractivity contribution in [2.45, 2.75) is 51.4 Å². The molecule has 1 aromatic heterocycles. The standard InChI is InChI=1S/C27H26ClNO4.C2H6/c1-29-12-2-3-20(27(29)32)9-8-18-4-6-19(7-5-18)13-22-14-21(10-11-25(22)28)26-16-23(31)15-24(17-30)33-26;1-2/h2-7,10-12,14,23-24,26,30-31H,13,15-17H2,1H3;1-2H3/t23-,24-,26+;/m0./s1. The minimum atomic E-state index is -0.496. The largest absolute Gasteiger partial charge is 0.394 e. The van der Waals surface area contributed by atoms with E-state index in [0.717, 1.165) is 22.3 Å². The molecule has 4 rings (SSSR count). The summed E-state index contributed by atoms with van der Waals surface area (Å²) < 4.78 is 7.45. The van der Waals surface area contributed by atoms with Crippen LogP contribution in [0.3, 0.4) is 0 Å². The van der Waals surface area contributed by atoms with Gasteiger partial charge in [-0.3, -0.25) is 4.79 Å². The number of pyridine rings is 1. The molecule has 3 aromatic rings. The summed E-state index contributed by atoms with van der Waals surface area (Å²) in [5.74, 6) is 5.99. The Kier molecular flexibility index (Phi) is 9.71. The first-order valence-corrected chi connectivity index (χ1v) is 12.3. The van der Waals surface area contributed by atoms with Gasteiger partial charge in [0.15, 0.2) is 0 Å². The first-order valence-electron chi connectivity index (χ1n) is 11.9. The zero-order valence-electron chi connectivity index (χ0n) is 20.4. The second-order valence-corrected chi connectivity index (χ2v) is 8.77. The van der Waals surface area contributed by atoms with Crippen LogP contribution in [-0.4, -0.2) is 33.6 Å². The lowest BCUT2D eigenvalue weighted by Gasteiger charge is -2.32. The van der Waals surface area contributed by atoms with Gasteiger partial charge in [-0.15, -0.1) is 0 Å². The van der Waals surface area contributed by atoms with Crippen molar-refractivity contribution in [3.05, 3.63) is 104 Å². The van der Waals surface area contributed by atoms with E-state index in [9.17, 15) is 15.0 Å². The Bertz CT molecular complexity index is 1240. The molecule has 0 radical (unpaired) electrons. The number of aromatic nitrogens is 1. The monoisotopic (exact) mass is 493 g/mol. The number of rotatable bonds is 4. The van der Waals surface area contributed by atoms with E-state index in [1.807, 2.05) is 56.3 Å². The minimum Gasteiger partial charge on any atom is -0.394 e. The SMILES string of the molecule is CC.Cn1cccc(C#Cc2ccc(Cc3cc([C@H]4C[C@@H](O)C[C@@H](CO)O4)ccc3Cl)cc2)c1=O.